The molecule has 1 aliphatic heterocycles. The molecule has 10 nitrogen and oxygen atoms in total. The predicted molar refractivity (Wildman–Crippen MR) is 147 cm³/mol. The number of hydrogen-bond donors (Lipinski definition) is 2. The van der Waals surface area contributed by atoms with Crippen LogP contribution in [-0.4, -0.2) is 91.4 Å². The molecule has 1 saturated heterocycles. The van der Waals surface area contributed by atoms with Crippen molar-refractivity contribution in [3.8, 4) is 11.3 Å². The lowest BCUT2D eigenvalue weighted by atomic mass is 10.1. The maximum Gasteiger partial charge on any atom is 0.264 e. The number of anilines is 2. The smallest absolute Gasteiger partial charge is 0.264 e. The van der Waals surface area contributed by atoms with Crippen molar-refractivity contribution in [3.05, 3.63) is 40.8 Å². The molecule has 2 N–H and O–H groups in total. The summed E-state index contributed by atoms with van der Waals surface area (Å²) in [5.74, 6) is 0.532. The molecular weight excluding hydrogens is 490 g/mol. The van der Waals surface area contributed by atoms with Gasteiger partial charge in [-0.1, -0.05) is 6.07 Å². The standard InChI is InChI=1S/C26H35N7O3S/c1-31-11-13-33(14-12-31)10-4-9-27-21-8-5-18(15-24(21)37(3,35)36)22-16-23-20(17-28-22)25(34)32(2)26(30-23)29-19-6-7-19/h5,8,15-17,19,27H,4,6-7,9-14H2,1-3H3,(H,29,30). The molecule has 0 spiro atoms. The summed E-state index contributed by atoms with van der Waals surface area (Å²) in [6.45, 7) is 5.97. The number of sulfone groups is 1. The van der Waals surface area contributed by atoms with Crippen molar-refractivity contribution in [2.45, 2.75) is 30.2 Å². The van der Waals surface area contributed by atoms with Gasteiger partial charge in [-0.25, -0.2) is 13.4 Å². The molecule has 1 aromatic carbocycles. The van der Waals surface area contributed by atoms with Gasteiger partial charge in [0, 0.05) is 63.8 Å². The Labute approximate surface area is 217 Å². The molecule has 0 amide bonds. The molecule has 1 aliphatic carbocycles. The lowest BCUT2D eigenvalue weighted by molar-refractivity contribution is 0.154. The van der Waals surface area contributed by atoms with Gasteiger partial charge in [0.1, 0.15) is 0 Å². The van der Waals surface area contributed by atoms with Gasteiger partial charge in [0.2, 0.25) is 5.95 Å². The van der Waals surface area contributed by atoms with Crippen LogP contribution >= 0.6 is 0 Å². The molecule has 11 heteroatoms. The van der Waals surface area contributed by atoms with E-state index in [9.17, 15) is 13.2 Å². The van der Waals surface area contributed by atoms with Gasteiger partial charge in [-0.15, -0.1) is 0 Å². The van der Waals surface area contributed by atoms with E-state index in [4.69, 9.17) is 0 Å². The first-order chi connectivity index (χ1) is 17.7. The van der Waals surface area contributed by atoms with Crippen molar-refractivity contribution >= 4 is 32.4 Å². The second kappa shape index (κ2) is 10.4. The van der Waals surface area contributed by atoms with Gasteiger partial charge in [-0.05, 0) is 51.1 Å². The van der Waals surface area contributed by atoms with Gasteiger partial charge in [-0.3, -0.25) is 14.3 Å². The fourth-order valence-corrected chi connectivity index (χ4v) is 5.48. The molecule has 198 valence electrons. The minimum absolute atomic E-state index is 0.167. The number of benzene rings is 1. The molecule has 2 aliphatic rings. The van der Waals surface area contributed by atoms with E-state index in [1.54, 1.807) is 25.2 Å². The monoisotopic (exact) mass is 525 g/mol. The summed E-state index contributed by atoms with van der Waals surface area (Å²) in [5.41, 5.74) is 2.18. The number of hydrogen-bond acceptors (Lipinski definition) is 9. The minimum atomic E-state index is -3.48. The average molecular weight is 526 g/mol. The maximum absolute atomic E-state index is 12.8. The fraction of sp³-hybridized carbons (Fsp3) is 0.500. The van der Waals surface area contributed by atoms with Gasteiger partial charge in [0.15, 0.2) is 9.84 Å². The molecule has 37 heavy (non-hydrogen) atoms. The van der Waals surface area contributed by atoms with Crippen molar-refractivity contribution in [1.29, 1.82) is 0 Å². The second-order valence-corrected chi connectivity index (χ2v) is 12.2. The number of rotatable bonds is 9. The normalized spacial score (nSPS) is 17.3. The van der Waals surface area contributed by atoms with E-state index in [1.165, 1.54) is 17.0 Å². The Morgan fingerprint density at radius 2 is 1.84 bits per heavy atom. The summed E-state index contributed by atoms with van der Waals surface area (Å²) in [5, 5.41) is 7.04. The van der Waals surface area contributed by atoms with Gasteiger partial charge >= 0.3 is 0 Å². The molecule has 0 bridgehead atoms. The maximum atomic E-state index is 12.8. The number of fused-ring (bicyclic) bond motifs is 1. The van der Waals surface area contributed by atoms with Crippen molar-refractivity contribution in [1.82, 2.24) is 24.3 Å². The molecule has 0 unspecified atom stereocenters. The van der Waals surface area contributed by atoms with Crippen molar-refractivity contribution in [2.75, 3.05) is 63.2 Å². The fourth-order valence-electron chi connectivity index (χ4n) is 4.60. The Morgan fingerprint density at radius 1 is 1.08 bits per heavy atom. The lowest BCUT2D eigenvalue weighted by Crippen LogP contribution is -2.44. The van der Waals surface area contributed by atoms with Gasteiger partial charge in [0.05, 0.1) is 27.2 Å². The van der Waals surface area contributed by atoms with E-state index in [1.807, 2.05) is 6.07 Å². The van der Waals surface area contributed by atoms with Crippen molar-refractivity contribution in [3.63, 3.8) is 0 Å². The van der Waals surface area contributed by atoms with Gasteiger partial charge in [-0.2, -0.15) is 0 Å². The van der Waals surface area contributed by atoms with Crippen LogP contribution in [0.3, 0.4) is 0 Å². The summed E-state index contributed by atoms with van der Waals surface area (Å²) < 4.78 is 26.8. The Bertz CT molecular complexity index is 1460. The molecule has 5 rings (SSSR count). The molecule has 0 atom stereocenters. The Morgan fingerprint density at radius 3 is 2.54 bits per heavy atom. The van der Waals surface area contributed by atoms with Crippen LogP contribution in [0.2, 0.25) is 0 Å². The van der Waals surface area contributed by atoms with Crippen LogP contribution in [-0.2, 0) is 16.9 Å². The lowest BCUT2D eigenvalue weighted by Gasteiger charge is -2.32. The molecule has 2 aromatic heterocycles. The zero-order chi connectivity index (χ0) is 26.2. The topological polar surface area (TPSA) is 112 Å². The van der Waals surface area contributed by atoms with Crippen LogP contribution in [0.15, 0.2) is 40.2 Å². The summed E-state index contributed by atoms with van der Waals surface area (Å²) >= 11 is 0. The van der Waals surface area contributed by atoms with Crippen molar-refractivity contribution < 1.29 is 8.42 Å². The third-order valence-corrected chi connectivity index (χ3v) is 8.25. The Hall–Kier alpha value is -3.02. The molecule has 2 fully saturated rings. The number of aromatic nitrogens is 3. The second-order valence-electron chi connectivity index (χ2n) is 10.2. The first-order valence-corrected chi connectivity index (χ1v) is 14.7. The highest BCUT2D eigenvalue weighted by Gasteiger charge is 2.23. The number of likely N-dealkylation sites (N-methyl/N-ethyl adjacent to an activating group) is 1. The van der Waals surface area contributed by atoms with Gasteiger partial charge in [0.25, 0.3) is 5.56 Å². The van der Waals surface area contributed by atoms with E-state index in [2.05, 4.69) is 37.4 Å². The highest BCUT2D eigenvalue weighted by Crippen LogP contribution is 2.29. The zero-order valence-electron chi connectivity index (χ0n) is 21.7. The van der Waals surface area contributed by atoms with Crippen molar-refractivity contribution in [2.24, 2.45) is 7.05 Å². The molecule has 3 heterocycles. The zero-order valence-corrected chi connectivity index (χ0v) is 22.5. The first-order valence-electron chi connectivity index (χ1n) is 12.8. The molecular formula is C26H35N7O3S. The number of piperazine rings is 1. The van der Waals surface area contributed by atoms with Crippen LogP contribution in [0.4, 0.5) is 11.6 Å². The quantitative estimate of drug-likeness (QED) is 0.405. The molecule has 3 aromatic rings. The summed E-state index contributed by atoms with van der Waals surface area (Å²) in [4.78, 5) is 27.0. The molecule has 0 radical (unpaired) electrons. The third-order valence-electron chi connectivity index (χ3n) is 7.11. The summed E-state index contributed by atoms with van der Waals surface area (Å²) in [6, 6.07) is 7.41. The Balaban J connectivity index is 1.36. The van der Waals surface area contributed by atoms with E-state index in [0.717, 1.165) is 52.0 Å². The van der Waals surface area contributed by atoms with E-state index in [-0.39, 0.29) is 10.5 Å². The SMILES string of the molecule is CN1CCN(CCCNc2ccc(-c3cc4nc(NC5CC5)n(C)c(=O)c4cn3)cc2S(C)(=O)=O)CC1. The summed E-state index contributed by atoms with van der Waals surface area (Å²) in [6.07, 6.45) is 5.81. The summed E-state index contributed by atoms with van der Waals surface area (Å²) in [7, 11) is 0.359. The highest BCUT2D eigenvalue weighted by molar-refractivity contribution is 7.90. The van der Waals surface area contributed by atoms with E-state index in [0.29, 0.717) is 46.4 Å². The van der Waals surface area contributed by atoms with Crippen LogP contribution in [0, 0.1) is 0 Å². The van der Waals surface area contributed by atoms with Crippen LogP contribution in [0.25, 0.3) is 22.2 Å². The number of pyridine rings is 1. The number of nitrogens with zero attached hydrogens (tertiary/aromatic N) is 5. The van der Waals surface area contributed by atoms with E-state index >= 15 is 0 Å². The third kappa shape index (κ3) is 5.94. The first kappa shape index (κ1) is 25.6. The molecule has 1 saturated carbocycles. The van der Waals surface area contributed by atoms with Crippen LogP contribution in [0.5, 0.6) is 0 Å². The predicted octanol–water partition coefficient (Wildman–Crippen LogP) is 2.02. The van der Waals surface area contributed by atoms with Crippen LogP contribution in [0.1, 0.15) is 19.3 Å². The largest absolute Gasteiger partial charge is 0.384 e. The minimum Gasteiger partial charge on any atom is -0.384 e. The van der Waals surface area contributed by atoms with Gasteiger partial charge < -0.3 is 20.4 Å². The van der Waals surface area contributed by atoms with Crippen LogP contribution < -0.4 is 16.2 Å². The average Bonchev–Trinajstić information content (AvgIpc) is 3.69. The Kier molecular flexibility index (Phi) is 7.19. The number of nitrogens with one attached hydrogen (secondary N) is 2. The van der Waals surface area contributed by atoms with E-state index < -0.39 is 9.84 Å². The highest BCUT2D eigenvalue weighted by atomic mass is 32.2.